The first-order valence-corrected chi connectivity index (χ1v) is 10.3. The van der Waals surface area contributed by atoms with Gasteiger partial charge >= 0.3 is 0 Å². The van der Waals surface area contributed by atoms with Crippen LogP contribution in [0.15, 0.2) is 85.5 Å². The highest BCUT2D eigenvalue weighted by Crippen LogP contribution is 2.29. The zero-order valence-corrected chi connectivity index (χ0v) is 17.3. The van der Waals surface area contributed by atoms with Crippen LogP contribution in [0.3, 0.4) is 0 Å². The predicted octanol–water partition coefficient (Wildman–Crippen LogP) is 5.75. The van der Waals surface area contributed by atoms with E-state index in [-0.39, 0.29) is 11.3 Å². The molecule has 2 aromatic carbocycles. The number of fused-ring (bicyclic) bond motifs is 1. The van der Waals surface area contributed by atoms with Crippen molar-refractivity contribution in [3.05, 3.63) is 114 Å². The molecule has 0 aliphatic carbocycles. The Morgan fingerprint density at radius 1 is 0.970 bits per heavy atom. The van der Waals surface area contributed by atoms with Crippen molar-refractivity contribution in [1.82, 2.24) is 15.0 Å². The molecule has 0 unspecified atom stereocenters. The third-order valence-corrected chi connectivity index (χ3v) is 5.41. The molecular weight excluding hydrogens is 422 g/mol. The molecule has 7 heteroatoms. The Kier molecular flexibility index (Phi) is 5.36. The summed E-state index contributed by atoms with van der Waals surface area (Å²) < 4.78 is 29.9. The largest absolute Gasteiger partial charge is 0.379 e. The normalized spacial score (nSPS) is 11.0. The van der Waals surface area contributed by atoms with Gasteiger partial charge in [0.25, 0.3) is 0 Å². The van der Waals surface area contributed by atoms with Gasteiger partial charge in [-0.15, -0.1) is 0 Å². The number of nitrogens with one attached hydrogen (secondary N) is 2. The third kappa shape index (κ3) is 3.96. The molecule has 0 saturated carbocycles. The smallest absolute Gasteiger partial charge is 0.201 e. The molecule has 0 aliphatic heterocycles. The van der Waals surface area contributed by atoms with Crippen LogP contribution in [0, 0.1) is 11.6 Å². The number of aromatic nitrogens is 3. The van der Waals surface area contributed by atoms with Gasteiger partial charge in [0.05, 0.1) is 11.3 Å². The molecule has 3 heterocycles. The van der Waals surface area contributed by atoms with Crippen molar-refractivity contribution in [1.29, 1.82) is 0 Å². The molecule has 2 N–H and O–H groups in total. The molecule has 5 rings (SSSR count). The van der Waals surface area contributed by atoms with Crippen LogP contribution in [-0.4, -0.2) is 20.7 Å². The SMILES string of the molecule is O=C(c1c(F)ccc(NCc2ccccc2)c1F)c1c[nH]c2ncc(-c3cccnc3)cc12. The van der Waals surface area contributed by atoms with Crippen LogP contribution in [0.2, 0.25) is 0 Å². The van der Waals surface area contributed by atoms with Gasteiger partial charge in [0.1, 0.15) is 11.5 Å². The quantitative estimate of drug-likeness (QED) is 0.330. The zero-order valence-electron chi connectivity index (χ0n) is 17.3. The molecule has 0 fully saturated rings. The number of hydrogen-bond donors (Lipinski definition) is 2. The van der Waals surface area contributed by atoms with Gasteiger partial charge in [0, 0.05) is 53.4 Å². The fourth-order valence-corrected chi connectivity index (χ4v) is 3.71. The summed E-state index contributed by atoms with van der Waals surface area (Å²) >= 11 is 0. The molecule has 0 atom stereocenters. The highest BCUT2D eigenvalue weighted by atomic mass is 19.1. The Hall–Kier alpha value is -4.39. The highest BCUT2D eigenvalue weighted by molar-refractivity contribution is 6.16. The number of benzene rings is 2. The summed E-state index contributed by atoms with van der Waals surface area (Å²) in [7, 11) is 0. The van der Waals surface area contributed by atoms with Gasteiger partial charge in [-0.25, -0.2) is 13.8 Å². The van der Waals surface area contributed by atoms with Crippen molar-refractivity contribution in [3.63, 3.8) is 0 Å². The van der Waals surface area contributed by atoms with E-state index in [4.69, 9.17) is 0 Å². The molecule has 0 amide bonds. The second kappa shape index (κ2) is 8.63. The van der Waals surface area contributed by atoms with E-state index in [1.165, 1.54) is 12.3 Å². The molecule has 0 radical (unpaired) electrons. The van der Waals surface area contributed by atoms with E-state index in [1.54, 1.807) is 30.7 Å². The predicted molar refractivity (Wildman–Crippen MR) is 123 cm³/mol. The lowest BCUT2D eigenvalue weighted by molar-refractivity contribution is 0.103. The van der Waals surface area contributed by atoms with Gasteiger partial charge in [-0.2, -0.15) is 0 Å². The summed E-state index contributed by atoms with van der Waals surface area (Å²) in [4.78, 5) is 24.6. The standard InChI is InChI=1S/C26H18F2N4O/c27-21-8-9-22(30-12-16-5-2-1-3-6-16)24(28)23(21)25(33)20-15-32-26-19(20)11-18(14-31-26)17-7-4-10-29-13-17/h1-11,13-15,30H,12H2,(H,31,32). The highest BCUT2D eigenvalue weighted by Gasteiger charge is 2.24. The van der Waals surface area contributed by atoms with E-state index in [9.17, 15) is 9.18 Å². The van der Waals surface area contributed by atoms with Gasteiger partial charge < -0.3 is 10.3 Å². The first kappa shape index (κ1) is 20.5. The van der Waals surface area contributed by atoms with Crippen molar-refractivity contribution in [3.8, 4) is 11.1 Å². The van der Waals surface area contributed by atoms with Crippen molar-refractivity contribution in [2.75, 3.05) is 5.32 Å². The number of carbonyl (C=O) groups excluding carboxylic acids is 1. The van der Waals surface area contributed by atoms with Crippen molar-refractivity contribution >= 4 is 22.5 Å². The molecular formula is C26H18F2N4O. The fourth-order valence-electron chi connectivity index (χ4n) is 3.71. The first-order valence-electron chi connectivity index (χ1n) is 10.3. The summed E-state index contributed by atoms with van der Waals surface area (Å²) in [6.07, 6.45) is 6.42. The Morgan fingerprint density at radius 3 is 2.61 bits per heavy atom. The van der Waals surface area contributed by atoms with Crippen molar-refractivity contribution in [2.24, 2.45) is 0 Å². The van der Waals surface area contributed by atoms with Gasteiger partial charge in [0.15, 0.2) is 5.82 Å². The maximum absolute atomic E-state index is 15.3. The van der Waals surface area contributed by atoms with Crippen LogP contribution in [0.1, 0.15) is 21.5 Å². The Morgan fingerprint density at radius 2 is 1.82 bits per heavy atom. The number of ketones is 1. The first-order chi connectivity index (χ1) is 16.1. The Labute approximate surface area is 188 Å². The average molecular weight is 440 g/mol. The van der Waals surface area contributed by atoms with Gasteiger partial charge in [-0.3, -0.25) is 9.78 Å². The van der Waals surface area contributed by atoms with E-state index in [1.807, 2.05) is 36.4 Å². The second-order valence-corrected chi connectivity index (χ2v) is 7.52. The zero-order chi connectivity index (χ0) is 22.8. The van der Waals surface area contributed by atoms with Crippen molar-refractivity contribution in [2.45, 2.75) is 6.54 Å². The van der Waals surface area contributed by atoms with Gasteiger partial charge in [-0.1, -0.05) is 36.4 Å². The molecule has 0 aliphatic rings. The number of aromatic amines is 1. The lowest BCUT2D eigenvalue weighted by Crippen LogP contribution is -2.10. The topological polar surface area (TPSA) is 70.7 Å². The summed E-state index contributed by atoms with van der Waals surface area (Å²) in [5, 5.41) is 3.42. The van der Waals surface area contributed by atoms with Gasteiger partial charge in [0.2, 0.25) is 5.78 Å². The third-order valence-electron chi connectivity index (χ3n) is 5.41. The molecule has 33 heavy (non-hydrogen) atoms. The van der Waals surface area contributed by atoms with E-state index in [0.717, 1.165) is 22.8 Å². The Balaban J connectivity index is 1.51. The Bertz CT molecular complexity index is 1450. The van der Waals surface area contributed by atoms with Gasteiger partial charge in [-0.05, 0) is 29.8 Å². The number of nitrogens with zero attached hydrogens (tertiary/aromatic N) is 2. The molecule has 5 aromatic rings. The number of H-pyrrole nitrogens is 1. The molecule has 5 nitrogen and oxygen atoms in total. The fraction of sp³-hybridized carbons (Fsp3) is 0.0385. The minimum Gasteiger partial charge on any atom is -0.379 e. The van der Waals surface area contributed by atoms with Crippen LogP contribution >= 0.6 is 0 Å². The summed E-state index contributed by atoms with van der Waals surface area (Å²) in [6.45, 7) is 0.336. The number of rotatable bonds is 6. The average Bonchev–Trinajstić information content (AvgIpc) is 3.28. The molecule has 0 bridgehead atoms. The van der Waals surface area contributed by atoms with E-state index in [0.29, 0.717) is 17.6 Å². The van der Waals surface area contributed by atoms with E-state index < -0.39 is 23.0 Å². The molecule has 0 saturated heterocycles. The number of anilines is 1. The number of hydrogen-bond acceptors (Lipinski definition) is 4. The number of carbonyl (C=O) groups is 1. The lowest BCUT2D eigenvalue weighted by atomic mass is 10.00. The monoisotopic (exact) mass is 440 g/mol. The lowest BCUT2D eigenvalue weighted by Gasteiger charge is -2.11. The number of halogens is 2. The van der Waals surface area contributed by atoms with Crippen LogP contribution in [0.5, 0.6) is 0 Å². The molecule has 3 aromatic heterocycles. The van der Waals surface area contributed by atoms with Crippen LogP contribution in [0.4, 0.5) is 14.5 Å². The van der Waals surface area contributed by atoms with Crippen molar-refractivity contribution < 1.29 is 13.6 Å². The maximum atomic E-state index is 15.3. The summed E-state index contributed by atoms with van der Waals surface area (Å²) in [6, 6.07) is 17.2. The van der Waals surface area contributed by atoms with E-state index >= 15 is 4.39 Å². The second-order valence-electron chi connectivity index (χ2n) is 7.52. The minimum atomic E-state index is -0.929. The minimum absolute atomic E-state index is 0.0534. The van der Waals surface area contributed by atoms with Crippen LogP contribution in [-0.2, 0) is 6.54 Å². The summed E-state index contributed by atoms with van der Waals surface area (Å²) in [5.74, 6) is -2.61. The number of pyridine rings is 2. The molecule has 162 valence electrons. The summed E-state index contributed by atoms with van der Waals surface area (Å²) in [5.41, 5.74) is 2.52. The maximum Gasteiger partial charge on any atom is 0.201 e. The van der Waals surface area contributed by atoms with Crippen LogP contribution in [0.25, 0.3) is 22.2 Å². The van der Waals surface area contributed by atoms with E-state index in [2.05, 4.69) is 20.3 Å². The van der Waals surface area contributed by atoms with Crippen LogP contribution < -0.4 is 5.32 Å². The molecule has 0 spiro atoms.